The monoisotopic (exact) mass is 789 g/mol. The average molecular weight is 790 g/mol. The highest BCUT2D eigenvalue weighted by Crippen LogP contribution is 2.35. The quantitative estimate of drug-likeness (QED) is 0.0902. The van der Waals surface area contributed by atoms with Gasteiger partial charge in [-0.05, 0) is 43.3 Å². The molecule has 4 N–H and O–H groups in total. The Morgan fingerprint density at radius 3 is 2.41 bits per heavy atom. The van der Waals surface area contributed by atoms with Crippen LogP contribution in [-0.4, -0.2) is 83.1 Å². The molecule has 7 aromatic rings. The van der Waals surface area contributed by atoms with Crippen LogP contribution < -0.4 is 30.7 Å². The predicted octanol–water partition coefficient (Wildman–Crippen LogP) is 8.04. The van der Waals surface area contributed by atoms with Crippen molar-refractivity contribution in [1.29, 1.82) is 0 Å². The lowest BCUT2D eigenvalue weighted by Crippen LogP contribution is -2.41. The van der Waals surface area contributed by atoms with E-state index in [0.29, 0.717) is 54.0 Å². The summed E-state index contributed by atoms with van der Waals surface area (Å²) in [6.07, 6.45) is 1.58. The van der Waals surface area contributed by atoms with E-state index in [1.54, 1.807) is 54.4 Å². The number of hydrogen-bond donors (Lipinski definition) is 4. The smallest absolute Gasteiger partial charge is 0.324 e. The zero-order valence-corrected chi connectivity index (χ0v) is 32.6. The molecule has 1 saturated heterocycles. The molecule has 298 valence electrons. The molecular formula is C45H43N9O5. The fourth-order valence-electron chi connectivity index (χ4n) is 6.72. The van der Waals surface area contributed by atoms with E-state index < -0.39 is 6.03 Å². The van der Waals surface area contributed by atoms with Crippen molar-refractivity contribution in [2.45, 2.75) is 6.92 Å². The molecule has 14 nitrogen and oxygen atoms in total. The Hall–Kier alpha value is -7.29. The minimum absolute atomic E-state index is 0.216. The Morgan fingerprint density at radius 1 is 0.831 bits per heavy atom. The number of morpholine rings is 1. The third-order valence-electron chi connectivity index (χ3n) is 9.75. The number of carbonyl (C=O) groups excluding carboxylic acids is 2. The molecule has 5 aromatic carbocycles. The zero-order valence-electron chi connectivity index (χ0n) is 32.6. The Morgan fingerprint density at radius 2 is 1.61 bits per heavy atom. The molecule has 0 aliphatic carbocycles. The van der Waals surface area contributed by atoms with Crippen LogP contribution in [0, 0.1) is 6.92 Å². The van der Waals surface area contributed by atoms with E-state index in [0.717, 1.165) is 52.9 Å². The number of aromatic nitrogens is 4. The van der Waals surface area contributed by atoms with E-state index in [-0.39, 0.29) is 17.7 Å². The number of urea groups is 1. The predicted molar refractivity (Wildman–Crippen MR) is 228 cm³/mol. The molecule has 8 rings (SSSR count). The Labute approximate surface area is 341 Å². The first-order chi connectivity index (χ1) is 28.9. The molecule has 3 amide bonds. The summed E-state index contributed by atoms with van der Waals surface area (Å²) in [6.45, 7) is 6.39. The number of ether oxygens (including phenoxy) is 3. The number of aryl methyl sites for hydroxylation is 1. The first-order valence-corrected chi connectivity index (χ1v) is 19.3. The molecule has 0 unspecified atom stereocenters. The first-order valence-electron chi connectivity index (χ1n) is 19.3. The van der Waals surface area contributed by atoms with Gasteiger partial charge in [-0.1, -0.05) is 72.3 Å². The van der Waals surface area contributed by atoms with E-state index in [4.69, 9.17) is 19.3 Å². The lowest BCUT2D eigenvalue weighted by molar-refractivity contribution is 0.0383. The van der Waals surface area contributed by atoms with Crippen LogP contribution in [0.25, 0.3) is 27.7 Å². The van der Waals surface area contributed by atoms with Crippen LogP contribution in [0.2, 0.25) is 0 Å². The summed E-state index contributed by atoms with van der Waals surface area (Å²) < 4.78 is 18.9. The van der Waals surface area contributed by atoms with Gasteiger partial charge in [-0.25, -0.2) is 14.5 Å². The number of benzene rings is 5. The van der Waals surface area contributed by atoms with E-state index >= 15 is 0 Å². The largest absolute Gasteiger partial charge is 0.497 e. The number of anilines is 4. The number of carbonyl (C=O) groups is 2. The SMILES string of the molecule is COc1cc(Nc2nccc(Oc3ccc(NC(=O)Nc4cc(-c5ccccc5)nn4-c4ccc(C)cc4)c4ccccc34)n2)cc(C(=O)NCCN2CCOCC2)c1. The molecule has 0 spiro atoms. The van der Waals surface area contributed by atoms with Gasteiger partial charge in [0.1, 0.15) is 17.3 Å². The summed E-state index contributed by atoms with van der Waals surface area (Å²) in [4.78, 5) is 37.9. The van der Waals surface area contributed by atoms with Gasteiger partial charge in [-0.15, -0.1) is 0 Å². The fraction of sp³-hybridized carbons (Fsp3) is 0.178. The van der Waals surface area contributed by atoms with Gasteiger partial charge in [0.2, 0.25) is 11.8 Å². The van der Waals surface area contributed by atoms with Crippen molar-refractivity contribution in [1.82, 2.24) is 30.0 Å². The maximum atomic E-state index is 13.6. The number of nitrogens with zero attached hydrogens (tertiary/aromatic N) is 5. The van der Waals surface area contributed by atoms with Gasteiger partial charge in [-0.2, -0.15) is 10.1 Å². The topological polar surface area (TPSA) is 157 Å². The van der Waals surface area contributed by atoms with E-state index in [9.17, 15) is 9.59 Å². The minimum Gasteiger partial charge on any atom is -0.497 e. The molecule has 59 heavy (non-hydrogen) atoms. The van der Waals surface area contributed by atoms with Gasteiger partial charge in [0.25, 0.3) is 5.91 Å². The van der Waals surface area contributed by atoms with E-state index in [2.05, 4.69) is 36.1 Å². The van der Waals surface area contributed by atoms with Gasteiger partial charge in [0.05, 0.1) is 37.4 Å². The molecule has 0 bridgehead atoms. The summed E-state index contributed by atoms with van der Waals surface area (Å²) in [7, 11) is 1.55. The standard InChI is InChI=1S/C45H43N9O5/c1-30-12-14-34(15-13-30)54-41(29-39(52-54)31-8-4-3-5-9-31)50-45(56)49-38-16-17-40(37-11-7-6-10-36(37)38)59-42-18-19-47-44(51-42)48-33-26-32(27-35(28-33)57-2)43(55)46-20-21-53-22-24-58-25-23-53/h3-19,26-29H,20-25H2,1-2H3,(H,46,55)(H,47,48,51)(H2,49,50,56). The second-order valence-electron chi connectivity index (χ2n) is 13.9. The summed E-state index contributed by atoms with van der Waals surface area (Å²) in [5.41, 5.74) is 5.17. The lowest BCUT2D eigenvalue weighted by Gasteiger charge is -2.26. The maximum absolute atomic E-state index is 13.6. The minimum atomic E-state index is -0.436. The fourth-order valence-corrected chi connectivity index (χ4v) is 6.72. The highest BCUT2D eigenvalue weighted by molar-refractivity contribution is 6.07. The molecule has 0 saturated carbocycles. The highest BCUT2D eigenvalue weighted by Gasteiger charge is 2.17. The Kier molecular flexibility index (Phi) is 11.7. The maximum Gasteiger partial charge on any atom is 0.324 e. The molecule has 14 heteroatoms. The van der Waals surface area contributed by atoms with Gasteiger partial charge in [-0.3, -0.25) is 15.0 Å². The van der Waals surface area contributed by atoms with Gasteiger partial charge in [0.15, 0.2) is 0 Å². The number of amides is 3. The summed E-state index contributed by atoms with van der Waals surface area (Å²) in [5.74, 6) is 1.87. The van der Waals surface area contributed by atoms with Crippen LogP contribution in [0.4, 0.5) is 27.9 Å². The van der Waals surface area contributed by atoms with Crippen LogP contribution in [-0.2, 0) is 4.74 Å². The lowest BCUT2D eigenvalue weighted by atomic mass is 10.1. The molecule has 0 radical (unpaired) electrons. The molecule has 2 aromatic heterocycles. The molecule has 1 fully saturated rings. The number of methoxy groups -OCH3 is 1. The van der Waals surface area contributed by atoms with E-state index in [1.165, 1.54) is 0 Å². The van der Waals surface area contributed by atoms with Crippen molar-refractivity contribution >= 4 is 45.9 Å². The summed E-state index contributed by atoms with van der Waals surface area (Å²) in [6, 6.07) is 37.2. The van der Waals surface area contributed by atoms with Crippen LogP contribution in [0.3, 0.4) is 0 Å². The third-order valence-corrected chi connectivity index (χ3v) is 9.75. The van der Waals surface area contributed by atoms with Crippen molar-refractivity contribution < 1.29 is 23.8 Å². The number of hydrogen-bond acceptors (Lipinski definition) is 10. The second kappa shape index (κ2) is 17.9. The molecule has 3 heterocycles. The van der Waals surface area contributed by atoms with E-state index in [1.807, 2.05) is 91.9 Å². The van der Waals surface area contributed by atoms with Crippen LogP contribution in [0.5, 0.6) is 17.4 Å². The van der Waals surface area contributed by atoms with Crippen molar-refractivity contribution in [2.75, 3.05) is 62.5 Å². The van der Waals surface area contributed by atoms with Crippen molar-refractivity contribution in [2.24, 2.45) is 0 Å². The third kappa shape index (κ3) is 9.47. The van der Waals surface area contributed by atoms with Gasteiger partial charge in [0, 0.05) is 78.2 Å². The number of fused-ring (bicyclic) bond motifs is 1. The second-order valence-corrected chi connectivity index (χ2v) is 13.9. The molecule has 1 aliphatic heterocycles. The summed E-state index contributed by atoms with van der Waals surface area (Å²) in [5, 5.41) is 18.5. The van der Waals surface area contributed by atoms with Crippen molar-refractivity contribution in [3.8, 4) is 34.3 Å². The summed E-state index contributed by atoms with van der Waals surface area (Å²) >= 11 is 0. The van der Waals surface area contributed by atoms with Crippen LogP contribution >= 0.6 is 0 Å². The van der Waals surface area contributed by atoms with Gasteiger partial charge >= 0.3 is 6.03 Å². The highest BCUT2D eigenvalue weighted by atomic mass is 16.5. The first kappa shape index (κ1) is 38.6. The van der Waals surface area contributed by atoms with Crippen LogP contribution in [0.15, 0.2) is 128 Å². The molecule has 0 atom stereocenters. The normalized spacial score (nSPS) is 12.8. The van der Waals surface area contributed by atoms with Crippen LogP contribution in [0.1, 0.15) is 15.9 Å². The van der Waals surface area contributed by atoms with Crippen molar-refractivity contribution in [3.05, 3.63) is 139 Å². The average Bonchev–Trinajstić information content (AvgIpc) is 3.68. The Bertz CT molecular complexity index is 2570. The Balaban J connectivity index is 0.966. The molecule has 1 aliphatic rings. The zero-order chi connectivity index (χ0) is 40.6. The number of rotatable bonds is 13. The number of nitrogens with one attached hydrogen (secondary N) is 4. The van der Waals surface area contributed by atoms with Gasteiger partial charge < -0.3 is 30.2 Å². The van der Waals surface area contributed by atoms with Crippen molar-refractivity contribution in [3.63, 3.8) is 0 Å². The molecular weight excluding hydrogens is 747 g/mol.